The molecule has 4 aromatic heterocycles. The van der Waals surface area contributed by atoms with Crippen molar-refractivity contribution in [3.05, 3.63) is 41.7 Å². The number of aryl methyl sites for hydroxylation is 1. The molecule has 1 amide bonds. The lowest BCUT2D eigenvalue weighted by Crippen LogP contribution is -2.21. The lowest BCUT2D eigenvalue weighted by atomic mass is 10.3. The molecule has 0 fully saturated rings. The highest BCUT2D eigenvalue weighted by Gasteiger charge is 2.17. The fourth-order valence-corrected chi connectivity index (χ4v) is 3.79. The van der Waals surface area contributed by atoms with Gasteiger partial charge >= 0.3 is 0 Å². The summed E-state index contributed by atoms with van der Waals surface area (Å²) in [4.78, 5) is 21.3. The van der Waals surface area contributed by atoms with Gasteiger partial charge in [0.05, 0.1) is 34.1 Å². The van der Waals surface area contributed by atoms with Crippen LogP contribution in [0.4, 0.5) is 10.9 Å². The zero-order valence-electron chi connectivity index (χ0n) is 17.2. The maximum absolute atomic E-state index is 12.0. The number of nitrogens with zero attached hydrogens (tertiary/aromatic N) is 5. The van der Waals surface area contributed by atoms with Crippen LogP contribution in [-0.4, -0.2) is 42.9 Å². The third-order valence-corrected chi connectivity index (χ3v) is 5.10. The number of nitrogens with one attached hydrogen (secondary N) is 2. The number of carbonyl (C=O) groups is 1. The van der Waals surface area contributed by atoms with Crippen molar-refractivity contribution in [1.29, 1.82) is 0 Å². The number of hydrogen-bond donors (Lipinski definition) is 2. The van der Waals surface area contributed by atoms with Crippen LogP contribution in [0.3, 0.4) is 0 Å². The summed E-state index contributed by atoms with van der Waals surface area (Å²) in [5.74, 6) is 0.786. The van der Waals surface area contributed by atoms with Gasteiger partial charge in [0, 0.05) is 31.4 Å². The first-order valence-corrected chi connectivity index (χ1v) is 10.5. The number of fused-ring (bicyclic) bond motifs is 1. The molecule has 0 spiro atoms. The van der Waals surface area contributed by atoms with Gasteiger partial charge in [-0.3, -0.25) is 9.48 Å². The Morgan fingerprint density at radius 2 is 2.17 bits per heavy atom. The molecule has 0 radical (unpaired) electrons. The smallest absolute Gasteiger partial charge is 0.252 e. The summed E-state index contributed by atoms with van der Waals surface area (Å²) in [6, 6.07) is 3.70. The number of anilines is 2. The molecule has 0 atom stereocenters. The van der Waals surface area contributed by atoms with Crippen LogP contribution in [0.1, 0.15) is 31.1 Å². The Bertz CT molecular complexity index is 1190. The van der Waals surface area contributed by atoms with Crippen molar-refractivity contribution < 1.29 is 9.53 Å². The van der Waals surface area contributed by atoms with E-state index < -0.39 is 0 Å². The van der Waals surface area contributed by atoms with E-state index in [9.17, 15) is 4.79 Å². The van der Waals surface area contributed by atoms with Crippen molar-refractivity contribution in [2.45, 2.75) is 26.9 Å². The largest absolute Gasteiger partial charge is 0.473 e. The summed E-state index contributed by atoms with van der Waals surface area (Å²) in [6.07, 6.45) is 5.56. The van der Waals surface area contributed by atoms with Gasteiger partial charge < -0.3 is 19.9 Å². The molecule has 0 aliphatic carbocycles. The van der Waals surface area contributed by atoms with E-state index in [1.165, 1.54) is 11.3 Å². The topological polar surface area (TPSA) is 98.9 Å². The number of ether oxygens (including phenoxy) is 1. The maximum atomic E-state index is 12.0. The van der Waals surface area contributed by atoms with Crippen LogP contribution in [0.15, 0.2) is 36.1 Å². The van der Waals surface area contributed by atoms with Crippen LogP contribution in [0.25, 0.3) is 16.7 Å². The summed E-state index contributed by atoms with van der Waals surface area (Å²) in [7, 11) is 1.87. The maximum Gasteiger partial charge on any atom is 0.252 e. The molecule has 4 heterocycles. The molecule has 10 heteroatoms. The SMILES string of the molecule is CCNC(=O)c1csc(Nc2nc(OC(C)C)c3c(ccn3-c3cnn(C)c3)n2)c1. The molecule has 0 aliphatic heterocycles. The molecule has 0 aromatic carbocycles. The summed E-state index contributed by atoms with van der Waals surface area (Å²) in [6.45, 7) is 6.38. The average molecular weight is 426 g/mol. The number of aromatic nitrogens is 5. The van der Waals surface area contributed by atoms with Gasteiger partial charge in [0.1, 0.15) is 5.52 Å². The Balaban J connectivity index is 1.71. The first-order valence-electron chi connectivity index (χ1n) is 9.63. The predicted molar refractivity (Wildman–Crippen MR) is 117 cm³/mol. The van der Waals surface area contributed by atoms with Crippen molar-refractivity contribution in [2.75, 3.05) is 11.9 Å². The standard InChI is InChI=1S/C20H23N7O2S/c1-5-21-18(28)13-8-16(30-11-13)24-20-23-15-6-7-27(14-9-22-26(4)10-14)17(15)19(25-20)29-12(2)3/h6-12H,5H2,1-4H3,(H,21,28)(H,23,24,25). The van der Waals surface area contributed by atoms with E-state index in [1.54, 1.807) is 22.3 Å². The molecule has 0 bridgehead atoms. The normalized spacial score (nSPS) is 11.2. The highest BCUT2D eigenvalue weighted by molar-refractivity contribution is 7.14. The second-order valence-electron chi connectivity index (χ2n) is 6.99. The van der Waals surface area contributed by atoms with Gasteiger partial charge in [-0.25, -0.2) is 4.98 Å². The Morgan fingerprint density at radius 1 is 1.33 bits per heavy atom. The summed E-state index contributed by atoms with van der Waals surface area (Å²) >= 11 is 1.42. The number of hydrogen-bond acceptors (Lipinski definition) is 7. The summed E-state index contributed by atoms with van der Waals surface area (Å²) in [5.41, 5.74) is 3.02. The van der Waals surface area contributed by atoms with Gasteiger partial charge in [-0.2, -0.15) is 10.1 Å². The van der Waals surface area contributed by atoms with E-state index in [4.69, 9.17) is 4.74 Å². The van der Waals surface area contributed by atoms with Crippen molar-refractivity contribution in [1.82, 2.24) is 29.6 Å². The molecule has 0 saturated carbocycles. The first kappa shape index (κ1) is 19.9. The number of amides is 1. The van der Waals surface area contributed by atoms with Crippen molar-refractivity contribution >= 4 is 39.2 Å². The van der Waals surface area contributed by atoms with Gasteiger partial charge in [0.15, 0.2) is 0 Å². The Morgan fingerprint density at radius 3 is 2.87 bits per heavy atom. The van der Waals surface area contributed by atoms with Crippen molar-refractivity contribution in [2.24, 2.45) is 7.05 Å². The molecular formula is C20H23N7O2S. The van der Waals surface area contributed by atoms with Crippen LogP contribution in [0.5, 0.6) is 5.88 Å². The average Bonchev–Trinajstić information content (AvgIpc) is 3.41. The van der Waals surface area contributed by atoms with Gasteiger partial charge in [-0.05, 0) is 32.9 Å². The second kappa shape index (κ2) is 8.15. The lowest BCUT2D eigenvalue weighted by Gasteiger charge is -2.13. The monoisotopic (exact) mass is 425 g/mol. The third kappa shape index (κ3) is 3.99. The van der Waals surface area contributed by atoms with Crippen LogP contribution >= 0.6 is 11.3 Å². The minimum atomic E-state index is -0.101. The van der Waals surface area contributed by atoms with Gasteiger partial charge in [-0.15, -0.1) is 11.3 Å². The molecule has 0 aliphatic rings. The summed E-state index contributed by atoms with van der Waals surface area (Å²) in [5, 5.41) is 12.8. The van der Waals surface area contributed by atoms with E-state index >= 15 is 0 Å². The van der Waals surface area contributed by atoms with Gasteiger partial charge in [-0.1, -0.05) is 0 Å². The molecular weight excluding hydrogens is 402 g/mol. The Kier molecular flexibility index (Phi) is 5.40. The van der Waals surface area contributed by atoms with Crippen LogP contribution in [0.2, 0.25) is 0 Å². The molecule has 9 nitrogen and oxygen atoms in total. The lowest BCUT2D eigenvalue weighted by molar-refractivity contribution is 0.0956. The molecule has 4 aromatic rings. The molecule has 0 unspecified atom stereocenters. The van der Waals surface area contributed by atoms with Gasteiger partial charge in [0.25, 0.3) is 5.91 Å². The molecule has 156 valence electrons. The minimum Gasteiger partial charge on any atom is -0.473 e. The number of rotatable bonds is 7. The zero-order valence-corrected chi connectivity index (χ0v) is 18.0. The van der Waals surface area contributed by atoms with E-state index in [1.807, 2.05) is 50.8 Å². The van der Waals surface area contributed by atoms with E-state index in [-0.39, 0.29) is 12.0 Å². The van der Waals surface area contributed by atoms with Crippen molar-refractivity contribution in [3.63, 3.8) is 0 Å². The molecule has 2 N–H and O–H groups in total. The Hall–Kier alpha value is -3.40. The van der Waals surface area contributed by atoms with Gasteiger partial charge in [0.2, 0.25) is 11.8 Å². The highest BCUT2D eigenvalue weighted by atomic mass is 32.1. The predicted octanol–water partition coefficient (Wildman–Crippen LogP) is 3.50. The second-order valence-corrected chi connectivity index (χ2v) is 7.91. The summed E-state index contributed by atoms with van der Waals surface area (Å²) < 4.78 is 9.71. The Labute approximate surface area is 177 Å². The van der Waals surface area contributed by atoms with E-state index in [0.717, 1.165) is 21.7 Å². The molecule has 30 heavy (non-hydrogen) atoms. The number of thiophene rings is 1. The number of carbonyl (C=O) groups excluding carboxylic acids is 1. The fraction of sp³-hybridized carbons (Fsp3) is 0.300. The van der Waals surface area contributed by atoms with Crippen LogP contribution < -0.4 is 15.4 Å². The molecule has 0 saturated heterocycles. The third-order valence-electron chi connectivity index (χ3n) is 4.25. The van der Waals surface area contributed by atoms with Crippen LogP contribution in [0, 0.1) is 0 Å². The molecule has 4 rings (SSSR count). The minimum absolute atomic E-state index is 0.0562. The van der Waals surface area contributed by atoms with Crippen molar-refractivity contribution in [3.8, 4) is 11.6 Å². The first-order chi connectivity index (χ1) is 14.4. The van der Waals surface area contributed by atoms with E-state index in [2.05, 4.69) is 25.7 Å². The van der Waals surface area contributed by atoms with Crippen LogP contribution in [-0.2, 0) is 7.05 Å². The quantitative estimate of drug-likeness (QED) is 0.470. The highest BCUT2D eigenvalue weighted by Crippen LogP contribution is 2.30. The zero-order chi connectivity index (χ0) is 21.3. The fourth-order valence-electron chi connectivity index (χ4n) is 3.02. The van der Waals surface area contributed by atoms with E-state index in [0.29, 0.717) is 23.9 Å².